The van der Waals surface area contributed by atoms with Crippen LogP contribution in [0.5, 0.6) is 0 Å². The van der Waals surface area contributed by atoms with E-state index in [-0.39, 0.29) is 16.4 Å². The Kier molecular flexibility index (Phi) is 2.97. The van der Waals surface area contributed by atoms with E-state index in [1.165, 1.54) is 18.2 Å². The number of rotatable bonds is 2. The number of hydrogen-bond donors (Lipinski definition) is 0. The minimum atomic E-state index is -0.732. The van der Waals surface area contributed by atoms with Gasteiger partial charge in [0.15, 0.2) is 5.69 Å². The maximum atomic E-state index is 13.5. The van der Waals surface area contributed by atoms with Crippen molar-refractivity contribution in [2.75, 3.05) is 0 Å². The fraction of sp³-hybridized carbons (Fsp3) is 0. The summed E-state index contributed by atoms with van der Waals surface area (Å²) in [6.45, 7) is 0. The molecule has 0 aliphatic rings. The third-order valence-corrected chi connectivity index (χ3v) is 2.37. The summed E-state index contributed by atoms with van der Waals surface area (Å²) in [4.78, 5) is 17.3. The topological polar surface area (TPSA) is 68.9 Å². The number of hydrogen-bond acceptors (Lipinski definition) is 4. The lowest BCUT2D eigenvalue weighted by atomic mass is 10.1. The molecule has 17 heavy (non-hydrogen) atoms. The molecule has 0 aliphatic carbocycles. The Morgan fingerprint density at radius 3 is 2.65 bits per heavy atom. The second-order valence-electron chi connectivity index (χ2n) is 3.10. The highest BCUT2D eigenvalue weighted by Gasteiger charge is 2.24. The molecule has 0 spiro atoms. The van der Waals surface area contributed by atoms with Gasteiger partial charge in [0.25, 0.3) is 0 Å². The van der Waals surface area contributed by atoms with Gasteiger partial charge in [-0.1, -0.05) is 23.7 Å². The lowest BCUT2D eigenvalue weighted by molar-refractivity contribution is -0.384. The van der Waals surface area contributed by atoms with E-state index < -0.39 is 16.4 Å². The average Bonchev–Trinajstić information content (AvgIpc) is 2.28. The predicted molar refractivity (Wildman–Crippen MR) is 59.1 cm³/mol. The molecule has 0 saturated carbocycles. The molecule has 0 fully saturated rings. The van der Waals surface area contributed by atoms with E-state index >= 15 is 0 Å². The summed E-state index contributed by atoms with van der Waals surface area (Å²) in [5.74, 6) is -0.606. The van der Waals surface area contributed by atoms with Gasteiger partial charge in [0.05, 0.1) is 4.92 Å². The van der Waals surface area contributed by atoms with Gasteiger partial charge in [-0.25, -0.2) is 14.4 Å². The van der Waals surface area contributed by atoms with Gasteiger partial charge in [0.2, 0.25) is 5.15 Å². The summed E-state index contributed by atoms with van der Waals surface area (Å²) in [6.07, 6.45) is 1.05. The minimum absolute atomic E-state index is 0.0171. The largest absolute Gasteiger partial charge is 0.332 e. The lowest BCUT2D eigenvalue weighted by Crippen LogP contribution is -1.98. The van der Waals surface area contributed by atoms with Crippen LogP contribution < -0.4 is 0 Å². The second-order valence-corrected chi connectivity index (χ2v) is 3.46. The molecule has 0 amide bonds. The van der Waals surface area contributed by atoms with Crippen molar-refractivity contribution in [2.45, 2.75) is 0 Å². The average molecular weight is 254 g/mol. The first-order valence-corrected chi connectivity index (χ1v) is 4.89. The third-order valence-electron chi connectivity index (χ3n) is 2.09. The lowest BCUT2D eigenvalue weighted by Gasteiger charge is -2.03. The van der Waals surface area contributed by atoms with Gasteiger partial charge in [0, 0.05) is 5.56 Å². The first-order valence-electron chi connectivity index (χ1n) is 4.51. The van der Waals surface area contributed by atoms with Crippen molar-refractivity contribution in [1.82, 2.24) is 9.97 Å². The van der Waals surface area contributed by atoms with E-state index in [0.29, 0.717) is 0 Å². The fourth-order valence-electron chi connectivity index (χ4n) is 1.37. The molecule has 1 aromatic carbocycles. The minimum Gasteiger partial charge on any atom is -0.258 e. The molecule has 0 saturated heterocycles. The van der Waals surface area contributed by atoms with Crippen LogP contribution in [0.1, 0.15) is 0 Å². The summed E-state index contributed by atoms with van der Waals surface area (Å²) in [5.41, 5.74) is -0.615. The number of nitrogens with zero attached hydrogens (tertiary/aromatic N) is 3. The fourth-order valence-corrected chi connectivity index (χ4v) is 1.57. The van der Waals surface area contributed by atoms with E-state index in [9.17, 15) is 14.5 Å². The number of benzene rings is 1. The molecule has 0 N–H and O–H groups in total. The molecule has 0 atom stereocenters. The predicted octanol–water partition coefficient (Wildman–Crippen LogP) is 2.84. The van der Waals surface area contributed by atoms with Crippen LogP contribution in [0.15, 0.2) is 30.6 Å². The quantitative estimate of drug-likeness (QED) is 0.469. The van der Waals surface area contributed by atoms with Crippen molar-refractivity contribution >= 4 is 17.3 Å². The molecule has 0 radical (unpaired) electrons. The van der Waals surface area contributed by atoms with Crippen LogP contribution in [-0.2, 0) is 0 Å². The van der Waals surface area contributed by atoms with E-state index in [1.807, 2.05) is 0 Å². The molecule has 1 heterocycles. The third kappa shape index (κ3) is 2.07. The maximum absolute atomic E-state index is 13.5. The Balaban J connectivity index is 2.72. The molecule has 0 bridgehead atoms. The van der Waals surface area contributed by atoms with Gasteiger partial charge in [-0.15, -0.1) is 0 Å². The van der Waals surface area contributed by atoms with Gasteiger partial charge in [-0.05, 0) is 12.1 Å². The first kappa shape index (κ1) is 11.4. The Morgan fingerprint density at radius 1 is 1.29 bits per heavy atom. The highest BCUT2D eigenvalue weighted by Crippen LogP contribution is 2.33. The molecule has 0 unspecified atom stereocenters. The highest BCUT2D eigenvalue weighted by molar-refractivity contribution is 6.31. The molecule has 2 aromatic rings. The zero-order valence-electron chi connectivity index (χ0n) is 8.30. The van der Waals surface area contributed by atoms with Crippen LogP contribution in [0, 0.1) is 15.9 Å². The maximum Gasteiger partial charge on any atom is 0.332 e. The second kappa shape index (κ2) is 4.42. The van der Waals surface area contributed by atoms with E-state index in [1.54, 1.807) is 6.07 Å². The molecule has 1 aromatic heterocycles. The molecule has 86 valence electrons. The smallest absolute Gasteiger partial charge is 0.258 e. The van der Waals surface area contributed by atoms with Crippen molar-refractivity contribution in [2.24, 2.45) is 0 Å². The first-order chi connectivity index (χ1) is 8.11. The van der Waals surface area contributed by atoms with Gasteiger partial charge in [-0.3, -0.25) is 10.1 Å². The monoisotopic (exact) mass is 253 g/mol. The van der Waals surface area contributed by atoms with E-state index in [2.05, 4.69) is 9.97 Å². The SMILES string of the molecule is O=[N+]([O-])c1c(Cl)ncnc1-c1ccccc1F. The van der Waals surface area contributed by atoms with Gasteiger partial charge < -0.3 is 0 Å². The Bertz CT molecular complexity index is 592. The molecule has 0 aliphatic heterocycles. The van der Waals surface area contributed by atoms with Crippen LogP contribution in [-0.4, -0.2) is 14.9 Å². The van der Waals surface area contributed by atoms with E-state index in [4.69, 9.17) is 11.6 Å². The van der Waals surface area contributed by atoms with Gasteiger partial charge >= 0.3 is 5.69 Å². The number of aromatic nitrogens is 2. The van der Waals surface area contributed by atoms with Crippen molar-refractivity contribution in [3.63, 3.8) is 0 Å². The summed E-state index contributed by atoms with van der Waals surface area (Å²) in [5, 5.41) is 10.5. The zero-order valence-corrected chi connectivity index (χ0v) is 9.06. The summed E-state index contributed by atoms with van der Waals surface area (Å²) < 4.78 is 13.5. The van der Waals surface area contributed by atoms with Crippen molar-refractivity contribution in [1.29, 1.82) is 0 Å². The molecule has 7 heteroatoms. The van der Waals surface area contributed by atoms with Crippen LogP contribution >= 0.6 is 11.6 Å². The van der Waals surface area contributed by atoms with Crippen molar-refractivity contribution in [3.05, 3.63) is 51.7 Å². The van der Waals surface area contributed by atoms with Crippen LogP contribution in [0.3, 0.4) is 0 Å². The molecule has 2 rings (SSSR count). The standard InChI is InChI=1S/C10H5ClFN3O2/c11-10-9(15(16)17)8(13-5-14-10)6-3-1-2-4-7(6)12/h1-5H. The summed E-state index contributed by atoms with van der Waals surface area (Å²) in [7, 11) is 0. The molecular weight excluding hydrogens is 249 g/mol. The number of halogens is 2. The Labute approximate surface area is 100 Å². The van der Waals surface area contributed by atoms with Crippen LogP contribution in [0.25, 0.3) is 11.3 Å². The zero-order chi connectivity index (χ0) is 12.4. The summed E-state index contributed by atoms with van der Waals surface area (Å²) >= 11 is 5.61. The Morgan fingerprint density at radius 2 is 2.00 bits per heavy atom. The van der Waals surface area contributed by atoms with Gasteiger partial charge in [0.1, 0.15) is 12.1 Å². The Hall–Kier alpha value is -2.08. The summed E-state index contributed by atoms with van der Waals surface area (Å²) in [6, 6.07) is 5.61. The van der Waals surface area contributed by atoms with Crippen LogP contribution in [0.4, 0.5) is 10.1 Å². The molecular formula is C10H5ClFN3O2. The highest BCUT2D eigenvalue weighted by atomic mass is 35.5. The van der Waals surface area contributed by atoms with Gasteiger partial charge in [-0.2, -0.15) is 0 Å². The van der Waals surface area contributed by atoms with Crippen molar-refractivity contribution < 1.29 is 9.31 Å². The molecule has 5 nitrogen and oxygen atoms in total. The number of nitro groups is 1. The van der Waals surface area contributed by atoms with Crippen molar-refractivity contribution in [3.8, 4) is 11.3 Å². The van der Waals surface area contributed by atoms with Crippen LogP contribution in [0.2, 0.25) is 5.15 Å². The normalized spacial score (nSPS) is 10.2. The van der Waals surface area contributed by atoms with E-state index in [0.717, 1.165) is 6.33 Å².